The molecular formula is C9H12F3N3OS. The zero-order valence-electron chi connectivity index (χ0n) is 9.58. The van der Waals surface area contributed by atoms with Crippen LogP contribution in [0, 0.1) is 0 Å². The molecule has 4 nitrogen and oxygen atoms in total. The average molecular weight is 267 g/mol. The molecule has 0 saturated heterocycles. The van der Waals surface area contributed by atoms with E-state index in [-0.39, 0.29) is 17.6 Å². The molecule has 96 valence electrons. The summed E-state index contributed by atoms with van der Waals surface area (Å²) >= 11 is 0.521. The van der Waals surface area contributed by atoms with Crippen molar-refractivity contribution in [3.63, 3.8) is 0 Å². The topological polar surface area (TPSA) is 36.4 Å². The van der Waals surface area contributed by atoms with Gasteiger partial charge in [-0.3, -0.25) is 4.79 Å². The third-order valence-corrected chi connectivity index (χ3v) is 3.13. The maximum absolute atomic E-state index is 12.3. The van der Waals surface area contributed by atoms with E-state index in [1.807, 2.05) is 0 Å². The number of amides is 1. The second-order valence-corrected chi connectivity index (χ2v) is 4.66. The third-order valence-electron chi connectivity index (χ3n) is 1.97. The third kappa shape index (κ3) is 3.58. The fraction of sp³-hybridized carbons (Fsp3) is 0.556. The summed E-state index contributed by atoms with van der Waals surface area (Å²) < 4.78 is 37.0. The van der Waals surface area contributed by atoms with Crippen molar-refractivity contribution in [2.24, 2.45) is 0 Å². The first-order chi connectivity index (χ1) is 7.71. The van der Waals surface area contributed by atoms with Crippen LogP contribution in [-0.2, 0) is 11.0 Å². The van der Waals surface area contributed by atoms with Gasteiger partial charge in [-0.1, -0.05) is 11.3 Å². The molecule has 0 saturated carbocycles. The van der Waals surface area contributed by atoms with E-state index in [0.29, 0.717) is 11.3 Å². The van der Waals surface area contributed by atoms with Gasteiger partial charge in [-0.25, -0.2) is 4.98 Å². The highest BCUT2D eigenvalue weighted by molar-refractivity contribution is 7.15. The summed E-state index contributed by atoms with van der Waals surface area (Å²) in [5.74, 6) is -0.198. The number of hydrogen-bond donors (Lipinski definition) is 0. The van der Waals surface area contributed by atoms with Crippen molar-refractivity contribution in [2.45, 2.75) is 6.18 Å². The fourth-order valence-electron chi connectivity index (χ4n) is 0.984. The number of anilines is 1. The summed E-state index contributed by atoms with van der Waals surface area (Å²) in [5.41, 5.74) is 0. The summed E-state index contributed by atoms with van der Waals surface area (Å²) in [4.78, 5) is 17.0. The van der Waals surface area contributed by atoms with E-state index >= 15 is 0 Å². The zero-order valence-corrected chi connectivity index (χ0v) is 10.4. The fourth-order valence-corrected chi connectivity index (χ4v) is 1.73. The molecular weight excluding hydrogens is 255 g/mol. The van der Waals surface area contributed by atoms with Gasteiger partial charge >= 0.3 is 6.18 Å². The van der Waals surface area contributed by atoms with Crippen molar-refractivity contribution in [1.29, 1.82) is 0 Å². The van der Waals surface area contributed by atoms with Crippen molar-refractivity contribution in [3.8, 4) is 0 Å². The highest BCUT2D eigenvalue weighted by Crippen LogP contribution is 2.35. The normalized spacial score (nSPS) is 11.4. The first kappa shape index (κ1) is 13.8. The molecule has 1 aromatic rings. The van der Waals surface area contributed by atoms with Gasteiger partial charge in [-0.2, -0.15) is 13.2 Å². The molecule has 0 aliphatic rings. The van der Waals surface area contributed by atoms with Gasteiger partial charge in [-0.15, -0.1) is 0 Å². The van der Waals surface area contributed by atoms with Crippen LogP contribution >= 0.6 is 11.3 Å². The molecule has 0 spiro atoms. The summed E-state index contributed by atoms with van der Waals surface area (Å²) in [6.45, 7) is -0.00217. The van der Waals surface area contributed by atoms with E-state index in [9.17, 15) is 18.0 Å². The molecule has 8 heteroatoms. The first-order valence-electron chi connectivity index (χ1n) is 4.66. The summed E-state index contributed by atoms with van der Waals surface area (Å²) in [6.07, 6.45) is -3.61. The van der Waals surface area contributed by atoms with Crippen molar-refractivity contribution in [3.05, 3.63) is 11.1 Å². The molecule has 0 bridgehead atoms. The zero-order chi connectivity index (χ0) is 13.2. The minimum absolute atomic E-state index is 0.00217. The molecule has 0 aliphatic heterocycles. The molecule has 0 aliphatic carbocycles. The number of alkyl halides is 3. The number of hydrogen-bond acceptors (Lipinski definition) is 4. The quantitative estimate of drug-likeness (QED) is 0.836. The van der Waals surface area contributed by atoms with E-state index < -0.39 is 11.1 Å². The molecule has 0 N–H and O–H groups in total. The van der Waals surface area contributed by atoms with Gasteiger partial charge in [-0.05, 0) is 0 Å². The van der Waals surface area contributed by atoms with Gasteiger partial charge in [0, 0.05) is 21.1 Å². The van der Waals surface area contributed by atoms with Crippen molar-refractivity contribution in [1.82, 2.24) is 9.88 Å². The maximum Gasteiger partial charge on any atom is 0.427 e. The standard InChI is InChI=1S/C9H12F3N3OS/c1-14(2)7(16)5-15(3)8-13-4-6(17-8)9(10,11)12/h4H,5H2,1-3H3. The van der Waals surface area contributed by atoms with Crippen LogP contribution in [0.5, 0.6) is 0 Å². The van der Waals surface area contributed by atoms with Crippen LogP contribution in [0.2, 0.25) is 0 Å². The Bertz CT molecular complexity index is 402. The molecule has 0 unspecified atom stereocenters. The monoisotopic (exact) mass is 267 g/mol. The van der Waals surface area contributed by atoms with Crippen molar-refractivity contribution in [2.75, 3.05) is 32.6 Å². The highest BCUT2D eigenvalue weighted by atomic mass is 32.1. The molecule has 0 fully saturated rings. The second kappa shape index (κ2) is 4.91. The number of carbonyl (C=O) groups excluding carboxylic acids is 1. The van der Waals surface area contributed by atoms with E-state index in [2.05, 4.69) is 4.98 Å². The largest absolute Gasteiger partial charge is 0.427 e. The number of aromatic nitrogens is 1. The van der Waals surface area contributed by atoms with E-state index in [4.69, 9.17) is 0 Å². The second-order valence-electron chi connectivity index (χ2n) is 3.65. The Morgan fingerprint density at radius 1 is 1.41 bits per heavy atom. The minimum Gasteiger partial charge on any atom is -0.347 e. The Kier molecular flexibility index (Phi) is 3.97. The van der Waals surface area contributed by atoms with Gasteiger partial charge in [0.2, 0.25) is 5.91 Å². The maximum atomic E-state index is 12.3. The number of nitrogens with zero attached hydrogens (tertiary/aromatic N) is 3. The number of halogens is 3. The minimum atomic E-state index is -4.39. The van der Waals surface area contributed by atoms with Crippen LogP contribution in [0.1, 0.15) is 4.88 Å². The Labute approximate surface area is 101 Å². The molecule has 0 aromatic carbocycles. The number of carbonyl (C=O) groups is 1. The molecule has 1 aromatic heterocycles. The van der Waals surface area contributed by atoms with Gasteiger partial charge in [0.25, 0.3) is 0 Å². The van der Waals surface area contributed by atoms with E-state index in [1.54, 1.807) is 14.1 Å². The Hall–Kier alpha value is -1.31. The lowest BCUT2D eigenvalue weighted by atomic mass is 10.5. The first-order valence-corrected chi connectivity index (χ1v) is 5.47. The Morgan fingerprint density at radius 2 is 2.00 bits per heavy atom. The van der Waals surface area contributed by atoms with Gasteiger partial charge in [0.1, 0.15) is 4.88 Å². The van der Waals surface area contributed by atoms with Crippen molar-refractivity contribution < 1.29 is 18.0 Å². The van der Waals surface area contributed by atoms with Crippen LogP contribution < -0.4 is 4.90 Å². The van der Waals surface area contributed by atoms with E-state index in [0.717, 1.165) is 6.20 Å². The van der Waals surface area contributed by atoms with Crippen LogP contribution in [-0.4, -0.2) is 43.5 Å². The smallest absolute Gasteiger partial charge is 0.347 e. The van der Waals surface area contributed by atoms with Gasteiger partial charge in [0.05, 0.1) is 12.7 Å². The lowest BCUT2D eigenvalue weighted by Gasteiger charge is -2.18. The molecule has 1 amide bonds. The van der Waals surface area contributed by atoms with Crippen molar-refractivity contribution >= 4 is 22.4 Å². The summed E-state index contributed by atoms with van der Waals surface area (Å²) in [7, 11) is 4.69. The van der Waals surface area contributed by atoms with E-state index in [1.165, 1.54) is 16.8 Å². The molecule has 0 radical (unpaired) electrons. The highest BCUT2D eigenvalue weighted by Gasteiger charge is 2.33. The predicted octanol–water partition coefficient (Wildman–Crippen LogP) is 1.69. The average Bonchev–Trinajstić information content (AvgIpc) is 2.65. The van der Waals surface area contributed by atoms with Crippen LogP contribution in [0.3, 0.4) is 0 Å². The Balaban J connectivity index is 2.74. The number of thiazole rings is 1. The van der Waals surface area contributed by atoms with Crippen LogP contribution in [0.25, 0.3) is 0 Å². The van der Waals surface area contributed by atoms with Gasteiger partial charge < -0.3 is 9.80 Å². The van der Waals surface area contributed by atoms with Crippen LogP contribution in [0.4, 0.5) is 18.3 Å². The number of likely N-dealkylation sites (N-methyl/N-ethyl adjacent to an activating group) is 2. The number of rotatable bonds is 3. The van der Waals surface area contributed by atoms with Gasteiger partial charge in [0.15, 0.2) is 5.13 Å². The lowest BCUT2D eigenvalue weighted by Crippen LogP contribution is -2.34. The SMILES string of the molecule is CN(C)C(=O)CN(C)c1ncc(C(F)(F)F)s1. The molecule has 0 atom stereocenters. The summed E-state index contributed by atoms with van der Waals surface area (Å²) in [5, 5.41) is 0.174. The predicted molar refractivity (Wildman–Crippen MR) is 59.1 cm³/mol. The molecule has 1 heterocycles. The summed E-state index contributed by atoms with van der Waals surface area (Å²) in [6, 6.07) is 0. The Morgan fingerprint density at radius 3 is 2.41 bits per heavy atom. The lowest BCUT2D eigenvalue weighted by molar-refractivity contribution is -0.134. The molecule has 17 heavy (non-hydrogen) atoms. The molecule has 1 rings (SSSR count). The van der Waals surface area contributed by atoms with Crippen LogP contribution in [0.15, 0.2) is 6.20 Å².